The molecule has 0 spiro atoms. The highest BCUT2D eigenvalue weighted by Crippen LogP contribution is 2.12. The Morgan fingerprint density at radius 1 is 1.07 bits per heavy atom. The second-order valence-corrected chi connectivity index (χ2v) is 7.77. The molecule has 1 N–H and O–H groups in total. The Morgan fingerprint density at radius 3 is 2.55 bits per heavy atom. The van der Waals surface area contributed by atoms with Crippen LogP contribution in [0.1, 0.15) is 16.7 Å². The van der Waals surface area contributed by atoms with Crippen LogP contribution in [-0.4, -0.2) is 73.6 Å². The van der Waals surface area contributed by atoms with Crippen LogP contribution in [0, 0.1) is 6.92 Å². The SMILES string of the molecule is Cc1ccccc1CN(CCN1CCOCC1)C[C@@H](O)COCc1ccccc1. The van der Waals surface area contributed by atoms with Crippen LogP contribution >= 0.6 is 0 Å². The Bertz CT molecular complexity index is 704. The lowest BCUT2D eigenvalue weighted by atomic mass is 10.1. The van der Waals surface area contributed by atoms with Gasteiger partial charge >= 0.3 is 0 Å². The van der Waals surface area contributed by atoms with E-state index >= 15 is 0 Å². The lowest BCUT2D eigenvalue weighted by Gasteiger charge is -2.31. The van der Waals surface area contributed by atoms with E-state index in [1.165, 1.54) is 11.1 Å². The van der Waals surface area contributed by atoms with Crippen molar-refractivity contribution in [2.45, 2.75) is 26.2 Å². The molecule has 1 aliphatic heterocycles. The van der Waals surface area contributed by atoms with Gasteiger partial charge in [0, 0.05) is 39.3 Å². The van der Waals surface area contributed by atoms with E-state index in [0.717, 1.165) is 51.5 Å². The van der Waals surface area contributed by atoms with E-state index in [-0.39, 0.29) is 0 Å². The summed E-state index contributed by atoms with van der Waals surface area (Å²) in [6.07, 6.45) is -0.507. The minimum atomic E-state index is -0.507. The van der Waals surface area contributed by atoms with Crippen LogP contribution in [0.5, 0.6) is 0 Å². The molecule has 1 heterocycles. The molecular weight excluding hydrogens is 364 g/mol. The molecule has 29 heavy (non-hydrogen) atoms. The van der Waals surface area contributed by atoms with Gasteiger partial charge in [0.15, 0.2) is 0 Å². The van der Waals surface area contributed by atoms with Gasteiger partial charge in [0.05, 0.1) is 32.5 Å². The molecule has 1 fully saturated rings. The van der Waals surface area contributed by atoms with E-state index in [0.29, 0.717) is 19.8 Å². The Labute approximate surface area is 174 Å². The molecule has 1 atom stereocenters. The molecule has 0 saturated carbocycles. The molecule has 0 aliphatic carbocycles. The van der Waals surface area contributed by atoms with E-state index in [2.05, 4.69) is 41.0 Å². The molecule has 5 heteroatoms. The zero-order chi connectivity index (χ0) is 20.3. The molecule has 0 bridgehead atoms. The normalized spacial score (nSPS) is 16.2. The van der Waals surface area contributed by atoms with Gasteiger partial charge in [-0.2, -0.15) is 0 Å². The number of hydrogen-bond donors (Lipinski definition) is 1. The standard InChI is InChI=1S/C24H34N2O3/c1-21-7-5-6-10-23(21)17-26(12-11-25-13-15-28-16-14-25)18-24(27)20-29-19-22-8-3-2-4-9-22/h2-10,24,27H,11-20H2,1H3/t24-/m1/s1. The first-order valence-corrected chi connectivity index (χ1v) is 10.6. The minimum Gasteiger partial charge on any atom is -0.389 e. The van der Waals surface area contributed by atoms with Crippen molar-refractivity contribution in [3.8, 4) is 0 Å². The fourth-order valence-corrected chi connectivity index (χ4v) is 3.61. The van der Waals surface area contributed by atoms with Crippen molar-refractivity contribution in [3.05, 3.63) is 71.3 Å². The van der Waals surface area contributed by atoms with E-state index in [4.69, 9.17) is 9.47 Å². The molecule has 0 unspecified atom stereocenters. The quantitative estimate of drug-likeness (QED) is 0.631. The van der Waals surface area contributed by atoms with Gasteiger partial charge in [-0.05, 0) is 23.6 Å². The minimum absolute atomic E-state index is 0.344. The smallest absolute Gasteiger partial charge is 0.0900 e. The lowest BCUT2D eigenvalue weighted by molar-refractivity contribution is 0.00208. The number of benzene rings is 2. The molecular formula is C24H34N2O3. The Balaban J connectivity index is 1.50. The molecule has 2 aromatic rings. The maximum atomic E-state index is 10.6. The average molecular weight is 399 g/mol. The number of aliphatic hydroxyl groups excluding tert-OH is 1. The molecule has 5 nitrogen and oxygen atoms in total. The van der Waals surface area contributed by atoms with Gasteiger partial charge < -0.3 is 14.6 Å². The van der Waals surface area contributed by atoms with Crippen LogP contribution in [0.15, 0.2) is 54.6 Å². The summed E-state index contributed by atoms with van der Waals surface area (Å²) in [7, 11) is 0. The largest absolute Gasteiger partial charge is 0.389 e. The third kappa shape index (κ3) is 7.88. The van der Waals surface area contributed by atoms with Crippen molar-refractivity contribution in [2.75, 3.05) is 52.5 Å². The summed E-state index contributed by atoms with van der Waals surface area (Å²) < 4.78 is 11.2. The van der Waals surface area contributed by atoms with E-state index < -0.39 is 6.10 Å². The summed E-state index contributed by atoms with van der Waals surface area (Å²) >= 11 is 0. The second-order valence-electron chi connectivity index (χ2n) is 7.77. The van der Waals surface area contributed by atoms with Crippen molar-refractivity contribution in [2.24, 2.45) is 0 Å². The third-order valence-electron chi connectivity index (χ3n) is 5.38. The average Bonchev–Trinajstić information content (AvgIpc) is 2.75. The van der Waals surface area contributed by atoms with Gasteiger partial charge in [0.25, 0.3) is 0 Å². The number of ether oxygens (including phenoxy) is 2. The first-order valence-electron chi connectivity index (χ1n) is 10.6. The maximum Gasteiger partial charge on any atom is 0.0900 e. The second kappa shape index (κ2) is 12.1. The van der Waals surface area contributed by atoms with Crippen LogP contribution in [0.3, 0.4) is 0 Å². The van der Waals surface area contributed by atoms with Gasteiger partial charge in [-0.3, -0.25) is 9.80 Å². The summed E-state index contributed by atoms with van der Waals surface area (Å²) in [6, 6.07) is 18.6. The van der Waals surface area contributed by atoms with Crippen LogP contribution < -0.4 is 0 Å². The van der Waals surface area contributed by atoms with Crippen molar-refractivity contribution >= 4 is 0 Å². The van der Waals surface area contributed by atoms with Crippen molar-refractivity contribution < 1.29 is 14.6 Å². The predicted molar refractivity (Wildman–Crippen MR) is 116 cm³/mol. The van der Waals surface area contributed by atoms with Crippen LogP contribution in [0.4, 0.5) is 0 Å². The number of hydrogen-bond acceptors (Lipinski definition) is 5. The number of aliphatic hydroxyl groups is 1. The maximum absolute atomic E-state index is 10.6. The van der Waals surface area contributed by atoms with Crippen LogP contribution in [0.25, 0.3) is 0 Å². The fraction of sp³-hybridized carbons (Fsp3) is 0.500. The summed E-state index contributed by atoms with van der Waals surface area (Å²) in [5, 5.41) is 10.6. The number of aryl methyl sites for hydroxylation is 1. The molecule has 0 aromatic heterocycles. The van der Waals surface area contributed by atoms with Gasteiger partial charge in [-0.25, -0.2) is 0 Å². The molecule has 1 saturated heterocycles. The topological polar surface area (TPSA) is 45.2 Å². The summed E-state index contributed by atoms with van der Waals surface area (Å²) in [5.74, 6) is 0. The number of rotatable bonds is 11. The van der Waals surface area contributed by atoms with Gasteiger partial charge in [-0.15, -0.1) is 0 Å². The van der Waals surface area contributed by atoms with Gasteiger partial charge in [0.1, 0.15) is 0 Å². The lowest BCUT2D eigenvalue weighted by Crippen LogP contribution is -2.43. The van der Waals surface area contributed by atoms with E-state index in [1.54, 1.807) is 0 Å². The van der Waals surface area contributed by atoms with Crippen LogP contribution in [0.2, 0.25) is 0 Å². The molecule has 1 aliphatic rings. The zero-order valence-electron chi connectivity index (χ0n) is 17.5. The molecule has 2 aromatic carbocycles. The van der Waals surface area contributed by atoms with Crippen LogP contribution in [-0.2, 0) is 22.6 Å². The Morgan fingerprint density at radius 2 is 1.79 bits per heavy atom. The number of nitrogens with zero attached hydrogens (tertiary/aromatic N) is 2. The monoisotopic (exact) mass is 398 g/mol. The van der Waals surface area contributed by atoms with Gasteiger partial charge in [-0.1, -0.05) is 54.6 Å². The number of morpholine rings is 1. The fourth-order valence-electron chi connectivity index (χ4n) is 3.61. The third-order valence-corrected chi connectivity index (χ3v) is 5.38. The molecule has 3 rings (SSSR count). The first kappa shape index (κ1) is 21.9. The summed E-state index contributed by atoms with van der Waals surface area (Å²) in [4.78, 5) is 4.78. The summed E-state index contributed by atoms with van der Waals surface area (Å²) in [6.45, 7) is 9.98. The highest BCUT2D eigenvalue weighted by atomic mass is 16.5. The summed E-state index contributed by atoms with van der Waals surface area (Å²) in [5.41, 5.74) is 3.73. The highest BCUT2D eigenvalue weighted by molar-refractivity contribution is 5.25. The van der Waals surface area contributed by atoms with E-state index in [1.807, 2.05) is 30.3 Å². The molecule has 0 radical (unpaired) electrons. The predicted octanol–water partition coefficient (Wildman–Crippen LogP) is 2.71. The van der Waals surface area contributed by atoms with Gasteiger partial charge in [0.2, 0.25) is 0 Å². The van der Waals surface area contributed by atoms with Crippen molar-refractivity contribution in [1.82, 2.24) is 9.80 Å². The molecule has 0 amide bonds. The molecule has 158 valence electrons. The highest BCUT2D eigenvalue weighted by Gasteiger charge is 2.16. The van der Waals surface area contributed by atoms with Crippen molar-refractivity contribution in [1.29, 1.82) is 0 Å². The van der Waals surface area contributed by atoms with E-state index in [9.17, 15) is 5.11 Å². The first-order chi connectivity index (χ1) is 14.2. The Hall–Kier alpha value is -1.76. The Kier molecular flexibility index (Phi) is 9.12. The zero-order valence-corrected chi connectivity index (χ0v) is 17.5. The van der Waals surface area contributed by atoms with Crippen molar-refractivity contribution in [3.63, 3.8) is 0 Å².